The summed E-state index contributed by atoms with van der Waals surface area (Å²) in [7, 11) is 0. The zero-order valence-electron chi connectivity index (χ0n) is 11.9. The van der Waals surface area contributed by atoms with Gasteiger partial charge in [-0.15, -0.1) is 0 Å². The average Bonchev–Trinajstić information content (AvgIpc) is 3.29. The summed E-state index contributed by atoms with van der Waals surface area (Å²) < 4.78 is 0. The fourth-order valence-electron chi connectivity index (χ4n) is 2.47. The SMILES string of the molecule is O=C(Nc1c(Cl)cccc1Cl)c1ccnc2nc(C3CC3)[nH]c12. The molecule has 23 heavy (non-hydrogen) atoms. The third-order valence-corrected chi connectivity index (χ3v) is 4.45. The largest absolute Gasteiger partial charge is 0.340 e. The minimum atomic E-state index is -0.307. The number of fused-ring (bicyclic) bond motifs is 1. The lowest BCUT2D eigenvalue weighted by molar-refractivity contribution is 0.102. The van der Waals surface area contributed by atoms with Crippen LogP contribution in [0.5, 0.6) is 0 Å². The molecule has 0 unspecified atom stereocenters. The van der Waals surface area contributed by atoms with Gasteiger partial charge in [0.25, 0.3) is 5.91 Å². The van der Waals surface area contributed by atoms with Gasteiger partial charge in [-0.25, -0.2) is 9.97 Å². The molecule has 1 aromatic carbocycles. The summed E-state index contributed by atoms with van der Waals surface area (Å²) in [4.78, 5) is 24.5. The molecule has 0 aliphatic heterocycles. The van der Waals surface area contributed by atoms with Crippen LogP contribution in [-0.4, -0.2) is 20.9 Å². The average molecular weight is 347 g/mol. The van der Waals surface area contributed by atoms with Crippen molar-refractivity contribution in [3.8, 4) is 0 Å². The van der Waals surface area contributed by atoms with Crippen LogP contribution in [0.15, 0.2) is 30.5 Å². The van der Waals surface area contributed by atoms with Crippen LogP contribution in [-0.2, 0) is 0 Å². The zero-order chi connectivity index (χ0) is 16.0. The maximum absolute atomic E-state index is 12.6. The number of hydrogen-bond donors (Lipinski definition) is 2. The summed E-state index contributed by atoms with van der Waals surface area (Å²) in [6.45, 7) is 0. The van der Waals surface area contributed by atoms with E-state index in [1.54, 1.807) is 30.5 Å². The summed E-state index contributed by atoms with van der Waals surface area (Å²) in [5, 5.41) is 3.54. The number of aromatic nitrogens is 3. The van der Waals surface area contributed by atoms with Gasteiger partial charge in [0.15, 0.2) is 5.65 Å². The molecule has 1 aliphatic carbocycles. The molecule has 1 amide bonds. The van der Waals surface area contributed by atoms with Crippen LogP contribution < -0.4 is 5.32 Å². The monoisotopic (exact) mass is 346 g/mol. The van der Waals surface area contributed by atoms with E-state index in [2.05, 4.69) is 20.3 Å². The molecule has 1 saturated carbocycles. The Hall–Kier alpha value is -2.11. The summed E-state index contributed by atoms with van der Waals surface area (Å²) in [5.41, 5.74) is 2.04. The van der Waals surface area contributed by atoms with Gasteiger partial charge in [-0.2, -0.15) is 0 Å². The Bertz CT molecular complexity index is 897. The number of carbonyl (C=O) groups is 1. The lowest BCUT2D eigenvalue weighted by atomic mass is 10.2. The van der Waals surface area contributed by atoms with Gasteiger partial charge >= 0.3 is 0 Å². The first-order valence-electron chi connectivity index (χ1n) is 7.23. The van der Waals surface area contributed by atoms with Crippen molar-refractivity contribution in [3.63, 3.8) is 0 Å². The summed E-state index contributed by atoms with van der Waals surface area (Å²) in [6.07, 6.45) is 3.82. The first-order chi connectivity index (χ1) is 11.1. The molecule has 3 aromatic rings. The van der Waals surface area contributed by atoms with Crippen molar-refractivity contribution in [1.29, 1.82) is 0 Å². The normalized spacial score (nSPS) is 14.2. The Morgan fingerprint density at radius 3 is 2.65 bits per heavy atom. The minimum absolute atomic E-state index is 0.307. The van der Waals surface area contributed by atoms with E-state index in [0.29, 0.717) is 38.4 Å². The van der Waals surface area contributed by atoms with E-state index in [9.17, 15) is 4.79 Å². The number of rotatable bonds is 3. The number of nitrogens with one attached hydrogen (secondary N) is 2. The number of hydrogen-bond acceptors (Lipinski definition) is 3. The van der Waals surface area contributed by atoms with Gasteiger partial charge in [0, 0.05) is 12.1 Å². The van der Waals surface area contributed by atoms with Crippen LogP contribution in [0.2, 0.25) is 10.0 Å². The second-order valence-corrected chi connectivity index (χ2v) is 6.32. The molecule has 4 rings (SSSR count). The molecule has 5 nitrogen and oxygen atoms in total. The van der Waals surface area contributed by atoms with E-state index in [1.807, 2.05) is 0 Å². The van der Waals surface area contributed by atoms with Crippen LogP contribution in [0.3, 0.4) is 0 Å². The molecular weight excluding hydrogens is 335 g/mol. The number of nitrogens with zero attached hydrogens (tertiary/aromatic N) is 2. The van der Waals surface area contributed by atoms with Crippen molar-refractivity contribution in [1.82, 2.24) is 15.0 Å². The van der Waals surface area contributed by atoms with E-state index >= 15 is 0 Å². The smallest absolute Gasteiger partial charge is 0.258 e. The number of carbonyl (C=O) groups excluding carboxylic acids is 1. The molecular formula is C16H12Cl2N4O. The second kappa shape index (κ2) is 5.51. The predicted molar refractivity (Wildman–Crippen MR) is 90.3 cm³/mol. The van der Waals surface area contributed by atoms with Gasteiger partial charge < -0.3 is 10.3 Å². The fraction of sp³-hybridized carbons (Fsp3) is 0.188. The van der Waals surface area contributed by atoms with Gasteiger partial charge in [-0.1, -0.05) is 29.3 Å². The predicted octanol–water partition coefficient (Wildman–Crippen LogP) is 4.39. The highest BCUT2D eigenvalue weighted by Gasteiger charge is 2.28. The second-order valence-electron chi connectivity index (χ2n) is 5.50. The van der Waals surface area contributed by atoms with Crippen LogP contribution in [0.25, 0.3) is 11.2 Å². The summed E-state index contributed by atoms with van der Waals surface area (Å²) in [5.74, 6) is 1.04. The highest BCUT2D eigenvalue weighted by molar-refractivity contribution is 6.40. The van der Waals surface area contributed by atoms with Gasteiger partial charge in [0.2, 0.25) is 0 Å². The molecule has 0 radical (unpaired) electrons. The maximum Gasteiger partial charge on any atom is 0.258 e. The van der Waals surface area contributed by atoms with E-state index < -0.39 is 0 Å². The number of halogens is 2. The highest BCUT2D eigenvalue weighted by Crippen LogP contribution is 2.39. The summed E-state index contributed by atoms with van der Waals surface area (Å²) in [6, 6.07) is 6.72. The number of H-pyrrole nitrogens is 1. The molecule has 7 heteroatoms. The highest BCUT2D eigenvalue weighted by atomic mass is 35.5. The van der Waals surface area contributed by atoms with Gasteiger partial charge in [-0.3, -0.25) is 4.79 Å². The van der Waals surface area contributed by atoms with E-state index in [4.69, 9.17) is 23.2 Å². The summed E-state index contributed by atoms with van der Waals surface area (Å²) >= 11 is 12.2. The number of anilines is 1. The Morgan fingerprint density at radius 2 is 1.96 bits per heavy atom. The van der Waals surface area contributed by atoms with Crippen molar-refractivity contribution in [2.24, 2.45) is 0 Å². The van der Waals surface area contributed by atoms with E-state index in [-0.39, 0.29) is 5.91 Å². The number of imidazole rings is 1. The molecule has 0 spiro atoms. The Kier molecular flexibility index (Phi) is 3.47. The first-order valence-corrected chi connectivity index (χ1v) is 7.99. The Morgan fingerprint density at radius 1 is 1.22 bits per heavy atom. The lowest BCUT2D eigenvalue weighted by Crippen LogP contribution is -2.13. The Labute approximate surface area is 142 Å². The Balaban J connectivity index is 1.72. The minimum Gasteiger partial charge on any atom is -0.340 e. The number of amides is 1. The molecule has 2 heterocycles. The molecule has 2 N–H and O–H groups in total. The lowest BCUT2D eigenvalue weighted by Gasteiger charge is -2.09. The molecule has 1 fully saturated rings. The third-order valence-electron chi connectivity index (χ3n) is 3.82. The standard InChI is InChI=1S/C16H12Cl2N4O/c17-10-2-1-3-11(18)13(10)21-16(23)9-6-7-19-15-12(9)20-14(22-15)8-4-5-8/h1-3,6-8H,4-5H2,(H,21,23)(H,19,20,22). The van der Waals surface area contributed by atoms with Crippen LogP contribution >= 0.6 is 23.2 Å². The van der Waals surface area contributed by atoms with Crippen LogP contribution in [0.4, 0.5) is 5.69 Å². The molecule has 0 atom stereocenters. The number of benzene rings is 1. The maximum atomic E-state index is 12.6. The topological polar surface area (TPSA) is 70.7 Å². The third kappa shape index (κ3) is 2.66. The van der Waals surface area contributed by atoms with Crippen LogP contribution in [0, 0.1) is 0 Å². The molecule has 0 saturated heterocycles. The number of aromatic amines is 1. The van der Waals surface area contributed by atoms with Crippen molar-refractivity contribution >= 4 is 46.0 Å². The van der Waals surface area contributed by atoms with Gasteiger partial charge in [-0.05, 0) is 31.0 Å². The van der Waals surface area contributed by atoms with Gasteiger partial charge in [0.05, 0.1) is 26.8 Å². The molecule has 0 bridgehead atoms. The fourth-order valence-corrected chi connectivity index (χ4v) is 2.96. The number of para-hydroxylation sites is 1. The van der Waals surface area contributed by atoms with Crippen molar-refractivity contribution in [2.45, 2.75) is 18.8 Å². The zero-order valence-corrected chi connectivity index (χ0v) is 13.4. The molecule has 116 valence electrons. The molecule has 2 aromatic heterocycles. The van der Waals surface area contributed by atoms with Crippen molar-refractivity contribution < 1.29 is 4.79 Å². The van der Waals surface area contributed by atoms with Crippen LogP contribution in [0.1, 0.15) is 34.9 Å². The van der Waals surface area contributed by atoms with Gasteiger partial charge in [0.1, 0.15) is 5.82 Å². The van der Waals surface area contributed by atoms with Crippen molar-refractivity contribution in [2.75, 3.05) is 5.32 Å². The van der Waals surface area contributed by atoms with E-state index in [1.165, 1.54) is 0 Å². The molecule has 1 aliphatic rings. The first kappa shape index (κ1) is 14.5. The van der Waals surface area contributed by atoms with Crippen molar-refractivity contribution in [3.05, 3.63) is 51.9 Å². The quantitative estimate of drug-likeness (QED) is 0.738. The van der Waals surface area contributed by atoms with E-state index in [0.717, 1.165) is 18.7 Å². The number of pyridine rings is 1.